The van der Waals surface area contributed by atoms with Gasteiger partial charge in [0.25, 0.3) is 0 Å². The molecule has 1 unspecified atom stereocenters. The third-order valence-corrected chi connectivity index (χ3v) is 1.80. The zero-order valence-corrected chi connectivity index (χ0v) is 6.87. The number of ketones is 1. The summed E-state index contributed by atoms with van der Waals surface area (Å²) in [5.41, 5.74) is 0. The average molecular weight is 169 g/mol. The quantitative estimate of drug-likeness (QED) is 0.589. The first-order chi connectivity index (χ1) is 4.20. The average Bonchev–Trinajstić information content (AvgIpc) is 1.87. The molecule has 0 aromatic heterocycles. The lowest BCUT2D eigenvalue weighted by Crippen LogP contribution is -2.07. The number of Topliss-reactive ketones (excluding diaryl/α,β-unsaturated/α-hetero) is 1. The topological polar surface area (TPSA) is 17.1 Å². The van der Waals surface area contributed by atoms with E-state index in [1.807, 2.05) is 6.92 Å². The Kier molecular flexibility index (Phi) is 5.21. The van der Waals surface area contributed by atoms with Gasteiger partial charge in [-0.1, -0.05) is 6.92 Å². The zero-order valence-electron chi connectivity index (χ0n) is 5.36. The van der Waals surface area contributed by atoms with E-state index in [0.717, 1.165) is 6.42 Å². The number of hydrogen-bond donors (Lipinski definition) is 0. The van der Waals surface area contributed by atoms with Crippen LogP contribution in [0.5, 0.6) is 0 Å². The van der Waals surface area contributed by atoms with Gasteiger partial charge in [0.1, 0.15) is 5.78 Å². The highest BCUT2D eigenvalue weighted by Gasteiger charge is 2.06. The highest BCUT2D eigenvalue weighted by Crippen LogP contribution is 2.06. The van der Waals surface area contributed by atoms with Crippen molar-refractivity contribution in [3.05, 3.63) is 0 Å². The van der Waals surface area contributed by atoms with Gasteiger partial charge >= 0.3 is 0 Å². The summed E-state index contributed by atoms with van der Waals surface area (Å²) in [6.45, 7) is 1.94. The number of carbonyl (C=O) groups is 1. The smallest absolute Gasteiger partial charge is 0.149 e. The van der Waals surface area contributed by atoms with Crippen molar-refractivity contribution in [2.24, 2.45) is 0 Å². The van der Waals surface area contributed by atoms with Crippen LogP contribution in [0.1, 0.15) is 19.8 Å². The molecule has 0 rings (SSSR count). The van der Waals surface area contributed by atoms with Crippen molar-refractivity contribution in [1.82, 2.24) is 0 Å². The molecule has 0 bridgehead atoms. The van der Waals surface area contributed by atoms with Gasteiger partial charge < -0.3 is 0 Å². The van der Waals surface area contributed by atoms with E-state index in [0.29, 0.717) is 6.42 Å². The third-order valence-electron chi connectivity index (χ3n) is 1.04. The highest BCUT2D eigenvalue weighted by atomic mass is 35.5. The molecule has 0 fully saturated rings. The summed E-state index contributed by atoms with van der Waals surface area (Å²) in [6, 6.07) is 0. The predicted molar refractivity (Wildman–Crippen MR) is 40.3 cm³/mol. The van der Waals surface area contributed by atoms with Crippen molar-refractivity contribution >= 4 is 29.0 Å². The van der Waals surface area contributed by atoms with Crippen molar-refractivity contribution in [2.75, 3.05) is 5.88 Å². The predicted octanol–water partition coefficient (Wildman–Crippen LogP) is 2.20. The van der Waals surface area contributed by atoms with Crippen molar-refractivity contribution in [3.8, 4) is 0 Å². The summed E-state index contributed by atoms with van der Waals surface area (Å²) in [5, 5.41) is -0.0313. The Balaban J connectivity index is 3.34. The first-order valence-electron chi connectivity index (χ1n) is 2.92. The molecule has 0 amide bonds. The largest absolute Gasteiger partial charge is 0.298 e. The van der Waals surface area contributed by atoms with E-state index in [2.05, 4.69) is 0 Å². The standard InChI is InChI=1S/C6H10Cl2O/c1-2-5(8)3-6(9)4-7/h5H,2-4H2,1H3. The number of hydrogen-bond acceptors (Lipinski definition) is 1. The third kappa shape index (κ3) is 4.73. The minimum Gasteiger partial charge on any atom is -0.298 e. The van der Waals surface area contributed by atoms with Crippen LogP contribution in [0.2, 0.25) is 0 Å². The van der Waals surface area contributed by atoms with Gasteiger partial charge in [0.2, 0.25) is 0 Å². The molecule has 9 heavy (non-hydrogen) atoms. The second-order valence-electron chi connectivity index (χ2n) is 1.88. The molecule has 0 aliphatic carbocycles. The number of alkyl halides is 2. The molecule has 1 atom stereocenters. The van der Waals surface area contributed by atoms with Gasteiger partial charge in [-0.15, -0.1) is 23.2 Å². The zero-order chi connectivity index (χ0) is 7.28. The summed E-state index contributed by atoms with van der Waals surface area (Å²) < 4.78 is 0. The molecule has 0 N–H and O–H groups in total. The van der Waals surface area contributed by atoms with Gasteiger partial charge in [-0.25, -0.2) is 0 Å². The summed E-state index contributed by atoms with van der Waals surface area (Å²) in [6.07, 6.45) is 1.23. The van der Waals surface area contributed by atoms with Crippen LogP contribution in [-0.4, -0.2) is 17.0 Å². The maximum absolute atomic E-state index is 10.6. The minimum absolute atomic E-state index is 0.0264. The van der Waals surface area contributed by atoms with Gasteiger partial charge in [0, 0.05) is 11.8 Å². The molecular formula is C6H10Cl2O. The number of carbonyl (C=O) groups excluding carboxylic acids is 1. The van der Waals surface area contributed by atoms with Gasteiger partial charge in [-0.3, -0.25) is 4.79 Å². The molecule has 0 saturated heterocycles. The maximum atomic E-state index is 10.6. The van der Waals surface area contributed by atoms with Gasteiger partial charge in [0.15, 0.2) is 0 Å². The Morgan fingerprint density at radius 2 is 2.22 bits per heavy atom. The van der Waals surface area contributed by atoms with Crippen LogP contribution in [0, 0.1) is 0 Å². The van der Waals surface area contributed by atoms with Crippen molar-refractivity contribution in [3.63, 3.8) is 0 Å². The van der Waals surface area contributed by atoms with Crippen LogP contribution < -0.4 is 0 Å². The van der Waals surface area contributed by atoms with Crippen molar-refractivity contribution in [1.29, 1.82) is 0 Å². The Morgan fingerprint density at radius 3 is 2.56 bits per heavy atom. The van der Waals surface area contributed by atoms with Gasteiger partial charge in [-0.2, -0.15) is 0 Å². The fourth-order valence-electron chi connectivity index (χ4n) is 0.446. The van der Waals surface area contributed by atoms with Crippen LogP contribution in [0.3, 0.4) is 0 Å². The van der Waals surface area contributed by atoms with Crippen LogP contribution in [0.15, 0.2) is 0 Å². The van der Waals surface area contributed by atoms with Crippen LogP contribution >= 0.6 is 23.2 Å². The molecule has 54 valence electrons. The number of rotatable bonds is 4. The monoisotopic (exact) mass is 168 g/mol. The van der Waals surface area contributed by atoms with E-state index in [9.17, 15) is 4.79 Å². The molecule has 0 saturated carbocycles. The van der Waals surface area contributed by atoms with E-state index < -0.39 is 0 Å². The summed E-state index contributed by atoms with van der Waals surface area (Å²) in [4.78, 5) is 10.6. The summed E-state index contributed by atoms with van der Waals surface area (Å²) >= 11 is 10.9. The van der Waals surface area contributed by atoms with E-state index in [1.54, 1.807) is 0 Å². The molecule has 0 heterocycles. The van der Waals surface area contributed by atoms with Crippen LogP contribution in [0.25, 0.3) is 0 Å². The molecular weight excluding hydrogens is 159 g/mol. The molecule has 0 aliphatic rings. The number of halogens is 2. The Labute approximate surface area is 65.3 Å². The second kappa shape index (κ2) is 5.07. The lowest BCUT2D eigenvalue weighted by molar-refractivity contribution is -0.116. The molecule has 0 spiro atoms. The first-order valence-corrected chi connectivity index (χ1v) is 3.89. The molecule has 0 aromatic carbocycles. The molecule has 0 aliphatic heterocycles. The van der Waals surface area contributed by atoms with E-state index >= 15 is 0 Å². The van der Waals surface area contributed by atoms with Crippen LogP contribution in [0.4, 0.5) is 0 Å². The second-order valence-corrected chi connectivity index (χ2v) is 2.77. The lowest BCUT2D eigenvalue weighted by Gasteiger charge is -2.00. The SMILES string of the molecule is CCC(Cl)CC(=O)CCl. The van der Waals surface area contributed by atoms with Crippen molar-refractivity contribution in [2.45, 2.75) is 25.1 Å². The highest BCUT2D eigenvalue weighted by molar-refractivity contribution is 6.29. The fourth-order valence-corrected chi connectivity index (χ4v) is 0.727. The normalized spacial score (nSPS) is 13.2. The van der Waals surface area contributed by atoms with Gasteiger partial charge in [-0.05, 0) is 6.42 Å². The molecule has 1 nitrogen and oxygen atoms in total. The van der Waals surface area contributed by atoms with E-state index in [-0.39, 0.29) is 17.0 Å². The summed E-state index contributed by atoms with van der Waals surface area (Å²) in [5.74, 6) is 0.113. The van der Waals surface area contributed by atoms with E-state index in [4.69, 9.17) is 23.2 Å². The lowest BCUT2D eigenvalue weighted by atomic mass is 10.2. The summed E-state index contributed by atoms with van der Waals surface area (Å²) in [7, 11) is 0. The van der Waals surface area contributed by atoms with E-state index in [1.165, 1.54) is 0 Å². The van der Waals surface area contributed by atoms with Crippen LogP contribution in [-0.2, 0) is 4.79 Å². The Bertz CT molecular complexity index is 93.1. The molecule has 3 heteroatoms. The minimum atomic E-state index is -0.0313. The maximum Gasteiger partial charge on any atom is 0.149 e. The van der Waals surface area contributed by atoms with Crippen molar-refractivity contribution < 1.29 is 4.79 Å². The fraction of sp³-hybridized carbons (Fsp3) is 0.833. The Hall–Kier alpha value is 0.250. The molecule has 0 radical (unpaired) electrons. The Morgan fingerprint density at radius 1 is 1.67 bits per heavy atom. The first kappa shape index (κ1) is 9.25. The van der Waals surface area contributed by atoms with Gasteiger partial charge in [0.05, 0.1) is 5.88 Å². The molecule has 0 aromatic rings.